The first-order valence-corrected chi connectivity index (χ1v) is 10.8. The topological polar surface area (TPSA) is 55.2 Å². The van der Waals surface area contributed by atoms with Gasteiger partial charge in [0.2, 0.25) is 5.91 Å². The van der Waals surface area contributed by atoms with Crippen molar-refractivity contribution in [1.82, 2.24) is 14.5 Å². The van der Waals surface area contributed by atoms with Crippen LogP contribution in [0.4, 0.5) is 0 Å². The lowest BCUT2D eigenvalue weighted by atomic mass is 9.75. The van der Waals surface area contributed by atoms with Gasteiger partial charge in [0.25, 0.3) is 5.56 Å². The monoisotopic (exact) mass is 371 g/mol. The van der Waals surface area contributed by atoms with Gasteiger partial charge >= 0.3 is 0 Å². The Morgan fingerprint density at radius 1 is 1.15 bits per heavy atom. The number of amides is 1. The van der Waals surface area contributed by atoms with Gasteiger partial charge in [-0.1, -0.05) is 19.3 Å². The van der Waals surface area contributed by atoms with Gasteiger partial charge in [0.05, 0.1) is 11.7 Å². The number of piperidine rings is 1. The largest absolute Gasteiger partial charge is 0.341 e. The number of nitrogens with zero attached hydrogens (tertiary/aromatic N) is 3. The molecule has 1 amide bonds. The Morgan fingerprint density at radius 3 is 2.88 bits per heavy atom. The van der Waals surface area contributed by atoms with E-state index in [-0.39, 0.29) is 18.0 Å². The van der Waals surface area contributed by atoms with Crippen molar-refractivity contribution in [3.8, 4) is 0 Å². The Balaban J connectivity index is 1.37. The molecule has 5 nitrogen and oxygen atoms in total. The summed E-state index contributed by atoms with van der Waals surface area (Å²) in [5.41, 5.74) is 1.16. The fourth-order valence-electron chi connectivity index (χ4n) is 5.21. The number of carbonyl (C=O) groups is 1. The third-order valence-corrected chi connectivity index (χ3v) is 7.84. The maximum absolute atomic E-state index is 13.0. The lowest BCUT2D eigenvalue weighted by Gasteiger charge is -2.41. The Kier molecular flexibility index (Phi) is 4.11. The molecule has 138 valence electrons. The van der Waals surface area contributed by atoms with Crippen molar-refractivity contribution in [3.63, 3.8) is 0 Å². The second-order valence-electron chi connectivity index (χ2n) is 8.15. The van der Waals surface area contributed by atoms with E-state index in [1.807, 2.05) is 4.90 Å². The average Bonchev–Trinajstić information content (AvgIpc) is 3.24. The fourth-order valence-corrected chi connectivity index (χ4v) is 6.42. The summed E-state index contributed by atoms with van der Waals surface area (Å²) < 4.78 is 1.53. The number of hydrogen-bond donors (Lipinski definition) is 0. The molecule has 1 saturated carbocycles. The van der Waals surface area contributed by atoms with Gasteiger partial charge in [-0.05, 0) is 49.5 Å². The summed E-state index contributed by atoms with van der Waals surface area (Å²) in [5, 5.41) is 0.767. The van der Waals surface area contributed by atoms with E-state index in [1.54, 1.807) is 17.7 Å². The van der Waals surface area contributed by atoms with Gasteiger partial charge in [-0.15, -0.1) is 11.3 Å². The van der Waals surface area contributed by atoms with E-state index in [4.69, 9.17) is 0 Å². The molecule has 3 heterocycles. The molecule has 0 radical (unpaired) electrons. The van der Waals surface area contributed by atoms with Crippen molar-refractivity contribution in [2.24, 2.45) is 11.8 Å². The first kappa shape index (κ1) is 16.5. The van der Waals surface area contributed by atoms with Crippen LogP contribution in [0, 0.1) is 11.8 Å². The normalized spacial score (nSPS) is 25.3. The van der Waals surface area contributed by atoms with Crippen LogP contribution in [-0.4, -0.2) is 33.4 Å². The third kappa shape index (κ3) is 2.70. The second kappa shape index (κ2) is 6.48. The summed E-state index contributed by atoms with van der Waals surface area (Å²) in [4.78, 5) is 34.4. The molecule has 2 aromatic heterocycles. The lowest BCUT2D eigenvalue weighted by molar-refractivity contribution is -0.135. The van der Waals surface area contributed by atoms with E-state index in [0.29, 0.717) is 5.92 Å². The van der Waals surface area contributed by atoms with E-state index in [0.717, 1.165) is 54.9 Å². The summed E-state index contributed by atoms with van der Waals surface area (Å²) in [5.74, 6) is 1.55. The summed E-state index contributed by atoms with van der Waals surface area (Å²) in [7, 11) is 0. The highest BCUT2D eigenvalue weighted by atomic mass is 32.1. The van der Waals surface area contributed by atoms with Crippen LogP contribution < -0.4 is 5.56 Å². The van der Waals surface area contributed by atoms with Crippen molar-refractivity contribution in [2.75, 3.05) is 13.1 Å². The predicted octanol–water partition coefficient (Wildman–Crippen LogP) is 2.99. The number of carbonyl (C=O) groups excluding carboxylic acids is 1. The molecule has 2 atom stereocenters. The van der Waals surface area contributed by atoms with E-state index in [1.165, 1.54) is 40.7 Å². The molecule has 2 aliphatic carbocycles. The second-order valence-corrected chi connectivity index (χ2v) is 9.23. The minimum absolute atomic E-state index is 0.0321. The van der Waals surface area contributed by atoms with Gasteiger partial charge < -0.3 is 4.90 Å². The van der Waals surface area contributed by atoms with Gasteiger partial charge in [-0.3, -0.25) is 14.2 Å². The van der Waals surface area contributed by atoms with Gasteiger partial charge in [0.1, 0.15) is 11.4 Å². The zero-order valence-electron chi connectivity index (χ0n) is 15.1. The first-order chi connectivity index (χ1) is 12.7. The number of fused-ring (bicyclic) bond motifs is 4. The van der Waals surface area contributed by atoms with Crippen LogP contribution in [0.5, 0.6) is 0 Å². The van der Waals surface area contributed by atoms with E-state index in [9.17, 15) is 9.59 Å². The van der Waals surface area contributed by atoms with Crippen molar-refractivity contribution in [2.45, 2.75) is 57.9 Å². The van der Waals surface area contributed by atoms with Crippen molar-refractivity contribution < 1.29 is 4.79 Å². The van der Waals surface area contributed by atoms with Crippen LogP contribution in [0.25, 0.3) is 10.2 Å². The molecule has 1 saturated heterocycles. The first-order valence-electron chi connectivity index (χ1n) is 9.98. The quantitative estimate of drug-likeness (QED) is 0.815. The van der Waals surface area contributed by atoms with Crippen LogP contribution in [0.1, 0.15) is 49.0 Å². The molecule has 0 N–H and O–H groups in total. The number of aromatic nitrogens is 2. The average molecular weight is 372 g/mol. The maximum atomic E-state index is 13.0. The van der Waals surface area contributed by atoms with Gasteiger partial charge in [0.15, 0.2) is 0 Å². The van der Waals surface area contributed by atoms with E-state index < -0.39 is 0 Å². The third-order valence-electron chi connectivity index (χ3n) is 6.64. The SMILES string of the molecule is O=C(Cn1cnc2sc3c(c2c1=O)CCC3)N1CC[C@@H]2CCCC[C@H]2C1. The number of likely N-dealkylation sites (tertiary alicyclic amines) is 1. The maximum Gasteiger partial charge on any atom is 0.262 e. The van der Waals surface area contributed by atoms with E-state index in [2.05, 4.69) is 4.98 Å². The van der Waals surface area contributed by atoms with Gasteiger partial charge in [0, 0.05) is 18.0 Å². The molecule has 6 heteroatoms. The van der Waals surface area contributed by atoms with Crippen LogP contribution in [0.15, 0.2) is 11.1 Å². The van der Waals surface area contributed by atoms with E-state index >= 15 is 0 Å². The molecule has 2 fully saturated rings. The Bertz CT molecular complexity index is 916. The molecule has 0 spiro atoms. The molecule has 3 aliphatic rings. The van der Waals surface area contributed by atoms with Crippen LogP contribution in [0.3, 0.4) is 0 Å². The molecule has 26 heavy (non-hydrogen) atoms. The molecular formula is C20H25N3O2S. The summed E-state index contributed by atoms with van der Waals surface area (Å²) in [6, 6.07) is 0. The minimum Gasteiger partial charge on any atom is -0.341 e. The van der Waals surface area contributed by atoms with Crippen LogP contribution >= 0.6 is 11.3 Å². The number of hydrogen-bond acceptors (Lipinski definition) is 4. The van der Waals surface area contributed by atoms with Crippen molar-refractivity contribution >= 4 is 27.5 Å². The zero-order chi connectivity index (χ0) is 17.7. The number of rotatable bonds is 2. The molecule has 2 aromatic rings. The molecule has 0 unspecified atom stereocenters. The van der Waals surface area contributed by atoms with Crippen LogP contribution in [-0.2, 0) is 24.2 Å². The Hall–Kier alpha value is -1.69. The molecule has 5 rings (SSSR count). The van der Waals surface area contributed by atoms with Crippen molar-refractivity contribution in [1.29, 1.82) is 0 Å². The lowest BCUT2D eigenvalue weighted by Crippen LogP contribution is -2.46. The molecule has 0 bridgehead atoms. The molecular weight excluding hydrogens is 346 g/mol. The number of thiophene rings is 1. The number of aryl methyl sites for hydroxylation is 2. The summed E-state index contributed by atoms with van der Waals surface area (Å²) in [6.45, 7) is 1.85. The van der Waals surface area contributed by atoms with Crippen molar-refractivity contribution in [3.05, 3.63) is 27.1 Å². The summed E-state index contributed by atoms with van der Waals surface area (Å²) >= 11 is 1.65. The smallest absolute Gasteiger partial charge is 0.262 e. The zero-order valence-corrected chi connectivity index (χ0v) is 15.9. The standard InChI is InChI=1S/C20H25N3O2S/c24-17(22-9-8-13-4-1-2-5-14(13)10-22)11-23-12-21-19-18(20(23)25)15-6-3-7-16(15)26-19/h12-14H,1-11H2/t13-,14-/m0/s1. The van der Waals surface area contributed by atoms with Gasteiger partial charge in [-0.2, -0.15) is 0 Å². The predicted molar refractivity (Wildman–Crippen MR) is 103 cm³/mol. The molecule has 0 aromatic carbocycles. The Labute approximate surface area is 157 Å². The highest BCUT2D eigenvalue weighted by molar-refractivity contribution is 7.18. The highest BCUT2D eigenvalue weighted by Gasteiger charge is 2.33. The highest BCUT2D eigenvalue weighted by Crippen LogP contribution is 2.36. The fraction of sp³-hybridized carbons (Fsp3) is 0.650. The minimum atomic E-state index is -0.0321. The molecule has 1 aliphatic heterocycles. The van der Waals surface area contributed by atoms with Gasteiger partial charge in [-0.25, -0.2) is 4.98 Å². The Morgan fingerprint density at radius 2 is 2.00 bits per heavy atom. The van der Waals surface area contributed by atoms with Crippen LogP contribution in [0.2, 0.25) is 0 Å². The summed E-state index contributed by atoms with van der Waals surface area (Å²) in [6.07, 6.45) is 11.1.